The van der Waals surface area contributed by atoms with Gasteiger partial charge in [-0.2, -0.15) is 0 Å². The molecular weight excluding hydrogens is 1160 g/mol. The first-order valence-corrected chi connectivity index (χ1v) is 31.3. The molecule has 4 amide bonds. The zero-order valence-corrected chi connectivity index (χ0v) is 60.2. The van der Waals surface area contributed by atoms with Crippen LogP contribution in [0.4, 0.5) is 0 Å². The standard InChI is InChI=1S/2C35H47N3O2.2C2H7N.2Ti/c2*1-22(2)28-14-10-15-29(23(3)4)32(28)34(39)36-20-18-26-12-9-13-27(38-26)19-21-37-35(40)33-30(24(5)6)16-11-17-31(33)25(7)8;2*1-3-2;;/h2*9-12,14-19,22-25,38H,13,20-21H2,1-8H3,(H,36,39)(H,37,40);2*3H,1-2H3;;. The van der Waals surface area contributed by atoms with Crippen LogP contribution in [0.3, 0.4) is 0 Å². The van der Waals surface area contributed by atoms with E-state index in [0.717, 1.165) is 102 Å². The van der Waals surface area contributed by atoms with Crippen LogP contribution in [0, 0.1) is 0 Å². The minimum absolute atomic E-state index is 0. The number of allylic oxidation sites excluding steroid dienone is 4. The average Bonchev–Trinajstić information content (AvgIpc) is 3.24. The number of amides is 4. The molecule has 2 aliphatic rings. The predicted molar refractivity (Wildman–Crippen MR) is 364 cm³/mol. The predicted octanol–water partition coefficient (Wildman–Crippen LogP) is 15.0. The minimum atomic E-state index is -0.0365. The molecule has 14 heteroatoms. The summed E-state index contributed by atoms with van der Waals surface area (Å²) in [4.78, 5) is 52.9. The van der Waals surface area contributed by atoms with E-state index in [1.807, 2.05) is 88.9 Å². The summed E-state index contributed by atoms with van der Waals surface area (Å²) in [5.74, 6) is 2.02. The summed E-state index contributed by atoms with van der Waals surface area (Å²) in [6.45, 7) is 35.7. The minimum Gasteiger partial charge on any atom is -0.359 e. The van der Waals surface area contributed by atoms with Gasteiger partial charge in [0, 0.05) is 127 Å². The third kappa shape index (κ3) is 24.8. The Morgan fingerprint density at radius 1 is 0.352 bits per heavy atom. The zero-order valence-electron chi connectivity index (χ0n) is 57.0. The third-order valence-electron chi connectivity index (χ3n) is 14.7. The van der Waals surface area contributed by atoms with Crippen molar-refractivity contribution < 1.29 is 62.6 Å². The summed E-state index contributed by atoms with van der Waals surface area (Å²) in [6.07, 6.45) is 17.8. The Morgan fingerprint density at radius 2 is 0.534 bits per heavy atom. The van der Waals surface area contributed by atoms with Crippen molar-refractivity contribution in [3.63, 3.8) is 0 Å². The van der Waals surface area contributed by atoms with E-state index in [1.54, 1.807) is 0 Å². The van der Waals surface area contributed by atoms with Crippen LogP contribution in [-0.4, -0.2) is 78.0 Å². The van der Waals surface area contributed by atoms with Gasteiger partial charge in [0.15, 0.2) is 0 Å². The van der Waals surface area contributed by atoms with Crippen molar-refractivity contribution in [2.24, 2.45) is 0 Å². The molecule has 2 aliphatic heterocycles. The van der Waals surface area contributed by atoms with Crippen molar-refractivity contribution in [3.8, 4) is 0 Å². The Labute approximate surface area is 561 Å². The second-order valence-electron chi connectivity index (χ2n) is 24.6. The van der Waals surface area contributed by atoms with Crippen LogP contribution in [0.25, 0.3) is 0 Å². The van der Waals surface area contributed by atoms with Crippen LogP contribution in [0.1, 0.15) is 257 Å². The van der Waals surface area contributed by atoms with Crippen molar-refractivity contribution >= 4 is 23.6 Å². The molecule has 0 saturated heterocycles. The smallest absolute Gasteiger partial charge is 0.252 e. The molecule has 0 fully saturated rings. The number of hydrogen-bond acceptors (Lipinski definition) is 8. The van der Waals surface area contributed by atoms with E-state index in [0.29, 0.717) is 26.2 Å². The first kappa shape index (κ1) is 80.2. The van der Waals surface area contributed by atoms with Crippen LogP contribution in [0.2, 0.25) is 0 Å². The Balaban J connectivity index is 0.000000791. The average molecular weight is 1270 g/mol. The topological polar surface area (TPSA) is 165 Å². The molecule has 4 aromatic rings. The molecular formula is C74H108N8O4Ti2. The van der Waals surface area contributed by atoms with Crippen molar-refractivity contribution in [1.82, 2.24) is 42.5 Å². The molecule has 8 N–H and O–H groups in total. The summed E-state index contributed by atoms with van der Waals surface area (Å²) in [7, 11) is 7.50. The van der Waals surface area contributed by atoms with Gasteiger partial charge >= 0.3 is 0 Å². The summed E-state index contributed by atoms with van der Waals surface area (Å²) >= 11 is 0. The number of benzene rings is 4. The van der Waals surface area contributed by atoms with Crippen molar-refractivity contribution in [2.75, 3.05) is 54.4 Å². The Hall–Kier alpha value is -5.85. The van der Waals surface area contributed by atoms with Crippen LogP contribution in [-0.2, 0) is 43.4 Å². The number of nitrogens with one attached hydrogen (secondary N) is 8. The largest absolute Gasteiger partial charge is 0.359 e. The second-order valence-corrected chi connectivity index (χ2v) is 24.6. The molecule has 0 radical (unpaired) electrons. The van der Waals surface area contributed by atoms with Gasteiger partial charge in [-0.05, 0) is 156 Å². The van der Waals surface area contributed by atoms with Crippen LogP contribution >= 0.6 is 0 Å². The quantitative estimate of drug-likeness (QED) is 0.0405. The van der Waals surface area contributed by atoms with Gasteiger partial charge in [0.1, 0.15) is 0 Å². The summed E-state index contributed by atoms with van der Waals surface area (Å²) in [6, 6.07) is 24.6. The Morgan fingerprint density at radius 3 is 0.716 bits per heavy atom. The van der Waals surface area contributed by atoms with Gasteiger partial charge in [-0.15, -0.1) is 0 Å². The molecule has 0 aliphatic carbocycles. The van der Waals surface area contributed by atoms with Crippen LogP contribution in [0.15, 0.2) is 144 Å². The van der Waals surface area contributed by atoms with Gasteiger partial charge < -0.3 is 42.5 Å². The SMILES string of the molecule is CC(C)c1cccc(C(C)C)c1C(=O)NCC=C1C=CCC(=CCNC(=O)c2c(C(C)C)cccc2C(C)C)N1.CC(C)c1cccc(C(C)C)c1C(=O)NCC=C1C=CCC(=CCNC(=O)c2c(C(C)C)cccc2C(C)C)N1.CNC.CNC.[Ti].[Ti]. The van der Waals surface area contributed by atoms with E-state index in [-0.39, 0.29) is 114 Å². The van der Waals surface area contributed by atoms with Crippen LogP contribution < -0.4 is 42.5 Å². The van der Waals surface area contributed by atoms with E-state index < -0.39 is 0 Å². The molecule has 0 saturated carbocycles. The van der Waals surface area contributed by atoms with E-state index in [2.05, 4.69) is 214 Å². The number of rotatable bonds is 20. The molecule has 0 bridgehead atoms. The van der Waals surface area contributed by atoms with Gasteiger partial charge in [0.25, 0.3) is 23.6 Å². The first-order chi connectivity index (χ1) is 40.8. The van der Waals surface area contributed by atoms with Crippen molar-refractivity contribution in [1.29, 1.82) is 0 Å². The maximum absolute atomic E-state index is 13.2. The van der Waals surface area contributed by atoms with Crippen molar-refractivity contribution in [3.05, 3.63) is 211 Å². The van der Waals surface area contributed by atoms with Gasteiger partial charge in [-0.1, -0.05) is 196 Å². The maximum Gasteiger partial charge on any atom is 0.252 e. The van der Waals surface area contributed by atoms with E-state index in [9.17, 15) is 19.2 Å². The maximum atomic E-state index is 13.2. The molecule has 0 unspecified atom stereocenters. The Bertz CT molecular complexity index is 2740. The molecule has 6 rings (SSSR count). The van der Waals surface area contributed by atoms with Crippen LogP contribution in [0.5, 0.6) is 0 Å². The van der Waals surface area contributed by atoms with E-state index in [1.165, 1.54) is 0 Å². The van der Waals surface area contributed by atoms with Gasteiger partial charge in [0.2, 0.25) is 0 Å². The summed E-state index contributed by atoms with van der Waals surface area (Å²) < 4.78 is 0. The molecule has 88 heavy (non-hydrogen) atoms. The summed E-state index contributed by atoms with van der Waals surface area (Å²) in [5, 5.41) is 24.7. The molecule has 2 heterocycles. The monoisotopic (exact) mass is 1270 g/mol. The third-order valence-corrected chi connectivity index (χ3v) is 14.7. The second kappa shape index (κ2) is 41.4. The fourth-order valence-corrected chi connectivity index (χ4v) is 10.3. The fourth-order valence-electron chi connectivity index (χ4n) is 10.3. The molecule has 0 spiro atoms. The molecule has 4 aromatic carbocycles. The van der Waals surface area contributed by atoms with Gasteiger partial charge in [-0.25, -0.2) is 0 Å². The fraction of sp³-hybridized carbons (Fsp3) is 0.459. The first-order valence-electron chi connectivity index (χ1n) is 31.3. The van der Waals surface area contributed by atoms with E-state index >= 15 is 0 Å². The zero-order chi connectivity index (χ0) is 64.2. The number of carbonyl (C=O) groups is 4. The number of carbonyl (C=O) groups excluding carboxylic acids is 4. The molecule has 12 nitrogen and oxygen atoms in total. The summed E-state index contributed by atoms with van der Waals surface area (Å²) in [5.41, 5.74) is 15.8. The van der Waals surface area contributed by atoms with Crippen molar-refractivity contribution in [2.45, 2.75) is 171 Å². The Kier molecular flexibility index (Phi) is 37.8. The molecule has 476 valence electrons. The van der Waals surface area contributed by atoms with Gasteiger partial charge in [0.05, 0.1) is 0 Å². The molecule has 0 aromatic heterocycles. The normalized spacial score (nSPS) is 14.4. The molecule has 0 atom stereocenters. The van der Waals surface area contributed by atoms with E-state index in [4.69, 9.17) is 0 Å². The number of hydrogen-bond donors (Lipinski definition) is 8. The van der Waals surface area contributed by atoms with Gasteiger partial charge in [-0.3, -0.25) is 19.2 Å².